The Morgan fingerprint density at radius 3 is 2.26 bits per heavy atom. The molecule has 1 heterocycles. The van der Waals surface area contributed by atoms with Gasteiger partial charge >= 0.3 is 0 Å². The fourth-order valence-electron chi connectivity index (χ4n) is 2.62. The van der Waals surface area contributed by atoms with Gasteiger partial charge in [-0.15, -0.1) is 0 Å². The number of fused-ring (bicyclic) bond motifs is 1. The number of carbonyl (C=O) groups is 1. The van der Waals surface area contributed by atoms with Crippen molar-refractivity contribution in [1.82, 2.24) is 4.98 Å². The number of methoxy groups -OCH3 is 3. The van der Waals surface area contributed by atoms with Gasteiger partial charge in [-0.2, -0.15) is 0 Å². The summed E-state index contributed by atoms with van der Waals surface area (Å²) in [5.41, 5.74) is 1.81. The van der Waals surface area contributed by atoms with Gasteiger partial charge in [0.05, 0.1) is 21.3 Å². The van der Waals surface area contributed by atoms with Gasteiger partial charge in [-0.1, -0.05) is 6.07 Å². The van der Waals surface area contributed by atoms with Gasteiger partial charge in [0.25, 0.3) is 0 Å². The van der Waals surface area contributed by atoms with Crippen LogP contribution in [0.1, 0.15) is 15.9 Å². The Morgan fingerprint density at radius 1 is 0.957 bits per heavy atom. The molecule has 3 rings (SSSR count). The molecule has 5 heteroatoms. The molecule has 3 aromatic rings. The second kappa shape index (κ2) is 6.04. The van der Waals surface area contributed by atoms with Gasteiger partial charge in [-0.25, -0.2) is 0 Å². The van der Waals surface area contributed by atoms with Gasteiger partial charge in [-0.3, -0.25) is 4.79 Å². The van der Waals surface area contributed by atoms with E-state index >= 15 is 0 Å². The fraction of sp³-hybridized carbons (Fsp3) is 0.167. The van der Waals surface area contributed by atoms with Crippen LogP contribution in [-0.4, -0.2) is 32.1 Å². The van der Waals surface area contributed by atoms with Crippen molar-refractivity contribution in [2.24, 2.45) is 0 Å². The molecule has 118 valence electrons. The van der Waals surface area contributed by atoms with Crippen molar-refractivity contribution in [2.45, 2.75) is 0 Å². The van der Waals surface area contributed by atoms with Crippen LogP contribution in [0.25, 0.3) is 10.9 Å². The minimum atomic E-state index is -0.168. The molecule has 0 bridgehead atoms. The molecule has 5 nitrogen and oxygen atoms in total. The van der Waals surface area contributed by atoms with E-state index in [1.54, 1.807) is 31.5 Å². The number of hydrogen-bond donors (Lipinski definition) is 1. The predicted octanol–water partition coefficient (Wildman–Crippen LogP) is 3.42. The second-order valence-electron chi connectivity index (χ2n) is 4.98. The van der Waals surface area contributed by atoms with Crippen LogP contribution < -0.4 is 14.2 Å². The number of benzene rings is 2. The first-order chi connectivity index (χ1) is 11.2. The third kappa shape index (κ3) is 2.50. The van der Waals surface area contributed by atoms with Crippen LogP contribution in [0.15, 0.2) is 42.6 Å². The molecule has 0 unspecified atom stereocenters. The van der Waals surface area contributed by atoms with Crippen molar-refractivity contribution >= 4 is 16.7 Å². The molecule has 2 aromatic carbocycles. The highest BCUT2D eigenvalue weighted by atomic mass is 16.5. The number of nitrogens with one attached hydrogen (secondary N) is 1. The van der Waals surface area contributed by atoms with Crippen LogP contribution >= 0.6 is 0 Å². The number of hydrogen-bond acceptors (Lipinski definition) is 4. The number of rotatable bonds is 5. The first-order valence-corrected chi connectivity index (χ1v) is 7.10. The highest BCUT2D eigenvalue weighted by Crippen LogP contribution is 2.33. The summed E-state index contributed by atoms with van der Waals surface area (Å²) in [5.74, 6) is 1.48. The first-order valence-electron chi connectivity index (χ1n) is 7.10. The topological polar surface area (TPSA) is 60.6 Å². The van der Waals surface area contributed by atoms with Gasteiger partial charge in [0.2, 0.25) is 5.78 Å². The van der Waals surface area contributed by atoms with Gasteiger partial charge in [0.15, 0.2) is 0 Å². The number of carbonyl (C=O) groups excluding carboxylic acids is 1. The zero-order valence-electron chi connectivity index (χ0n) is 13.2. The van der Waals surface area contributed by atoms with Crippen LogP contribution in [0, 0.1) is 0 Å². The van der Waals surface area contributed by atoms with Gasteiger partial charge in [0, 0.05) is 22.7 Å². The Balaban J connectivity index is 2.18. The number of aromatic amines is 1. The van der Waals surface area contributed by atoms with E-state index in [0.29, 0.717) is 28.4 Å². The van der Waals surface area contributed by atoms with Gasteiger partial charge in [0.1, 0.15) is 22.8 Å². The molecule has 0 fully saturated rings. The lowest BCUT2D eigenvalue weighted by molar-refractivity contribution is 0.103. The molecule has 1 N–H and O–H groups in total. The Kier molecular flexibility index (Phi) is 3.93. The van der Waals surface area contributed by atoms with E-state index in [-0.39, 0.29) is 5.78 Å². The Hall–Kier alpha value is -2.95. The van der Waals surface area contributed by atoms with E-state index in [1.165, 1.54) is 14.2 Å². The molecule has 23 heavy (non-hydrogen) atoms. The third-order valence-electron chi connectivity index (χ3n) is 3.79. The van der Waals surface area contributed by atoms with E-state index in [4.69, 9.17) is 14.2 Å². The molecule has 1 aromatic heterocycles. The van der Waals surface area contributed by atoms with Crippen molar-refractivity contribution in [3.05, 3.63) is 53.7 Å². The zero-order valence-corrected chi connectivity index (χ0v) is 13.2. The maximum absolute atomic E-state index is 13.1. The van der Waals surface area contributed by atoms with Crippen LogP contribution in [0.5, 0.6) is 17.2 Å². The molecular weight excluding hydrogens is 294 g/mol. The predicted molar refractivity (Wildman–Crippen MR) is 87.8 cm³/mol. The molecule has 0 spiro atoms. The minimum Gasteiger partial charge on any atom is -0.497 e. The standard InChI is InChI=1S/C18H17NO4/c1-21-11-7-8-14-12(9-11)13(10-19-14)18(20)17-15(22-2)5-4-6-16(17)23-3/h4-10,19H,1-3H3. The lowest BCUT2D eigenvalue weighted by atomic mass is 10.0. The average molecular weight is 311 g/mol. The summed E-state index contributed by atoms with van der Waals surface area (Å²) in [7, 11) is 4.66. The quantitative estimate of drug-likeness (QED) is 0.733. The molecule has 0 amide bonds. The van der Waals surface area contributed by atoms with Crippen LogP contribution in [0.2, 0.25) is 0 Å². The summed E-state index contributed by atoms with van der Waals surface area (Å²) in [6.07, 6.45) is 1.69. The van der Waals surface area contributed by atoms with Crippen molar-refractivity contribution < 1.29 is 19.0 Å². The molecule has 0 aliphatic carbocycles. The summed E-state index contributed by atoms with van der Waals surface area (Å²) in [4.78, 5) is 16.2. The minimum absolute atomic E-state index is 0.168. The maximum Gasteiger partial charge on any atom is 0.202 e. The van der Waals surface area contributed by atoms with E-state index < -0.39 is 0 Å². The number of ketones is 1. The molecule has 0 saturated carbocycles. The zero-order chi connectivity index (χ0) is 16.4. The second-order valence-corrected chi connectivity index (χ2v) is 4.98. The summed E-state index contributed by atoms with van der Waals surface area (Å²) in [6, 6.07) is 10.8. The smallest absolute Gasteiger partial charge is 0.202 e. The summed E-state index contributed by atoms with van der Waals surface area (Å²) >= 11 is 0. The van der Waals surface area contributed by atoms with Crippen LogP contribution in [-0.2, 0) is 0 Å². The molecule has 0 aliphatic rings. The number of ether oxygens (including phenoxy) is 3. The largest absolute Gasteiger partial charge is 0.497 e. The van der Waals surface area contributed by atoms with E-state index in [1.807, 2.05) is 18.2 Å². The first kappa shape index (κ1) is 15.0. The maximum atomic E-state index is 13.1. The van der Waals surface area contributed by atoms with E-state index in [2.05, 4.69) is 4.98 Å². The van der Waals surface area contributed by atoms with Gasteiger partial charge < -0.3 is 19.2 Å². The Morgan fingerprint density at radius 2 is 1.65 bits per heavy atom. The SMILES string of the molecule is COc1ccc2[nH]cc(C(=O)c3c(OC)cccc3OC)c2c1. The lowest BCUT2D eigenvalue weighted by Gasteiger charge is -2.11. The fourth-order valence-corrected chi connectivity index (χ4v) is 2.62. The molecule has 0 saturated heterocycles. The van der Waals surface area contributed by atoms with Crippen molar-refractivity contribution in [1.29, 1.82) is 0 Å². The van der Waals surface area contributed by atoms with Crippen molar-refractivity contribution in [2.75, 3.05) is 21.3 Å². The van der Waals surface area contributed by atoms with E-state index in [0.717, 1.165) is 10.9 Å². The van der Waals surface area contributed by atoms with E-state index in [9.17, 15) is 4.79 Å². The third-order valence-corrected chi connectivity index (χ3v) is 3.79. The van der Waals surface area contributed by atoms with Crippen molar-refractivity contribution in [3.8, 4) is 17.2 Å². The summed E-state index contributed by atoms with van der Waals surface area (Å²) in [6.45, 7) is 0. The van der Waals surface area contributed by atoms with Gasteiger partial charge in [-0.05, 0) is 30.3 Å². The number of aromatic nitrogens is 1. The normalized spacial score (nSPS) is 10.6. The summed E-state index contributed by atoms with van der Waals surface area (Å²) in [5, 5.41) is 0.794. The monoisotopic (exact) mass is 311 g/mol. The molecule has 0 atom stereocenters. The average Bonchev–Trinajstić information content (AvgIpc) is 3.03. The molecule has 0 aliphatic heterocycles. The lowest BCUT2D eigenvalue weighted by Crippen LogP contribution is -2.06. The molecule has 0 radical (unpaired) electrons. The Bertz CT molecular complexity index is 844. The summed E-state index contributed by atoms with van der Waals surface area (Å²) < 4.78 is 15.9. The van der Waals surface area contributed by atoms with Crippen LogP contribution in [0.3, 0.4) is 0 Å². The van der Waals surface area contributed by atoms with Crippen molar-refractivity contribution in [3.63, 3.8) is 0 Å². The Labute approximate surface area is 133 Å². The molecular formula is C18H17NO4. The van der Waals surface area contributed by atoms with Crippen LogP contribution in [0.4, 0.5) is 0 Å². The highest BCUT2D eigenvalue weighted by molar-refractivity contribution is 6.18. The highest BCUT2D eigenvalue weighted by Gasteiger charge is 2.22. The number of H-pyrrole nitrogens is 1.